The Kier molecular flexibility index (Phi) is 3.88. The van der Waals surface area contributed by atoms with Gasteiger partial charge in [0.15, 0.2) is 0 Å². The summed E-state index contributed by atoms with van der Waals surface area (Å²) < 4.78 is 13.3. The number of piperidine rings is 1. The van der Waals surface area contributed by atoms with Gasteiger partial charge in [-0.2, -0.15) is 0 Å². The van der Waals surface area contributed by atoms with E-state index >= 15 is 0 Å². The molecule has 2 aliphatic rings. The number of fused-ring (bicyclic) bond motifs is 1. The third kappa shape index (κ3) is 2.77. The van der Waals surface area contributed by atoms with Crippen molar-refractivity contribution < 1.29 is 14.3 Å². The summed E-state index contributed by atoms with van der Waals surface area (Å²) in [5.41, 5.74) is -0.545. The van der Waals surface area contributed by atoms with Crippen molar-refractivity contribution >= 4 is 17.5 Å². The highest BCUT2D eigenvalue weighted by Crippen LogP contribution is 2.40. The van der Waals surface area contributed by atoms with Gasteiger partial charge in [-0.15, -0.1) is 0 Å². The average Bonchev–Trinajstić information content (AvgIpc) is 2.48. The number of hydrogen-bond donors (Lipinski definition) is 1. The van der Waals surface area contributed by atoms with E-state index in [-0.39, 0.29) is 22.5 Å². The van der Waals surface area contributed by atoms with E-state index in [1.165, 1.54) is 0 Å². The number of pyridine rings is 1. The zero-order valence-corrected chi connectivity index (χ0v) is 12.4. The van der Waals surface area contributed by atoms with Crippen LogP contribution < -0.4 is 0 Å². The second kappa shape index (κ2) is 5.54. The molecule has 0 aromatic carbocycles. The highest BCUT2D eigenvalue weighted by molar-refractivity contribution is 6.32. The van der Waals surface area contributed by atoms with Crippen molar-refractivity contribution in [2.24, 2.45) is 5.92 Å². The lowest BCUT2D eigenvalue weighted by atomic mass is 9.71. The van der Waals surface area contributed by atoms with Gasteiger partial charge in [-0.25, -0.2) is 9.37 Å². The van der Waals surface area contributed by atoms with Crippen molar-refractivity contribution in [3.63, 3.8) is 0 Å². The van der Waals surface area contributed by atoms with Gasteiger partial charge >= 0.3 is 0 Å². The fraction of sp³-hybridized carbons (Fsp3) is 0.600. The minimum atomic E-state index is -0.640. The standard InChI is InChI=1S/C15H18ClFN2O2/c16-13-12(7-11(17)8-18-13)14(20)19-6-5-15(21)4-2-1-3-10(15)9-19/h7-8,10,21H,1-6,9H2. The largest absolute Gasteiger partial charge is 0.389 e. The zero-order chi connectivity index (χ0) is 15.0. The molecular formula is C15H18ClFN2O2. The molecule has 2 unspecified atom stereocenters. The second-order valence-electron chi connectivity index (χ2n) is 6.04. The molecule has 6 heteroatoms. The molecule has 1 aliphatic heterocycles. The second-order valence-corrected chi connectivity index (χ2v) is 6.40. The van der Waals surface area contributed by atoms with Gasteiger partial charge in [-0.1, -0.05) is 24.4 Å². The lowest BCUT2D eigenvalue weighted by Gasteiger charge is -2.47. The van der Waals surface area contributed by atoms with Crippen molar-refractivity contribution in [2.45, 2.75) is 37.7 Å². The number of nitrogens with zero attached hydrogens (tertiary/aromatic N) is 2. The minimum absolute atomic E-state index is 0.0193. The van der Waals surface area contributed by atoms with E-state index in [1.807, 2.05) is 0 Å². The Morgan fingerprint density at radius 3 is 3.10 bits per heavy atom. The maximum Gasteiger partial charge on any atom is 0.257 e. The predicted octanol–water partition coefficient (Wildman–Crippen LogP) is 2.64. The van der Waals surface area contributed by atoms with E-state index < -0.39 is 11.4 Å². The van der Waals surface area contributed by atoms with Crippen LogP contribution in [0.3, 0.4) is 0 Å². The maximum atomic E-state index is 13.3. The molecule has 0 radical (unpaired) electrons. The van der Waals surface area contributed by atoms with Crippen molar-refractivity contribution in [3.8, 4) is 0 Å². The van der Waals surface area contributed by atoms with Gasteiger partial charge < -0.3 is 10.0 Å². The van der Waals surface area contributed by atoms with Crippen LogP contribution in [0.4, 0.5) is 4.39 Å². The van der Waals surface area contributed by atoms with E-state index in [2.05, 4.69) is 4.98 Å². The monoisotopic (exact) mass is 312 g/mol. The molecule has 1 aromatic heterocycles. The van der Waals surface area contributed by atoms with Crippen LogP contribution in [0, 0.1) is 11.7 Å². The molecule has 4 nitrogen and oxygen atoms in total. The van der Waals surface area contributed by atoms with Crippen LogP contribution >= 0.6 is 11.6 Å². The third-order valence-corrected chi connectivity index (χ3v) is 5.05. The average molecular weight is 313 g/mol. The molecule has 0 bridgehead atoms. The molecule has 2 fully saturated rings. The van der Waals surface area contributed by atoms with Crippen LogP contribution in [0.25, 0.3) is 0 Å². The summed E-state index contributed by atoms with van der Waals surface area (Å²) in [5.74, 6) is -0.780. The molecule has 2 heterocycles. The highest BCUT2D eigenvalue weighted by atomic mass is 35.5. The Morgan fingerprint density at radius 1 is 1.48 bits per heavy atom. The predicted molar refractivity (Wildman–Crippen MR) is 76.6 cm³/mol. The first-order valence-corrected chi connectivity index (χ1v) is 7.70. The first-order chi connectivity index (χ1) is 9.99. The fourth-order valence-electron chi connectivity index (χ4n) is 3.50. The number of rotatable bonds is 1. The van der Waals surface area contributed by atoms with E-state index in [0.29, 0.717) is 19.5 Å². The van der Waals surface area contributed by atoms with Gasteiger partial charge in [0.25, 0.3) is 5.91 Å². The molecule has 1 N–H and O–H groups in total. The molecule has 0 spiro atoms. The summed E-state index contributed by atoms with van der Waals surface area (Å²) in [4.78, 5) is 17.8. The van der Waals surface area contributed by atoms with E-state index in [1.54, 1.807) is 4.90 Å². The number of aliphatic hydroxyl groups is 1. The maximum absolute atomic E-state index is 13.3. The molecule has 2 atom stereocenters. The topological polar surface area (TPSA) is 53.4 Å². The Bertz CT molecular complexity index is 569. The van der Waals surface area contributed by atoms with Crippen LogP contribution in [0.15, 0.2) is 12.3 Å². The fourth-order valence-corrected chi connectivity index (χ4v) is 3.68. The van der Waals surface area contributed by atoms with E-state index in [4.69, 9.17) is 11.6 Å². The van der Waals surface area contributed by atoms with Crippen LogP contribution in [0.1, 0.15) is 42.5 Å². The van der Waals surface area contributed by atoms with Gasteiger partial charge in [-0.3, -0.25) is 4.79 Å². The van der Waals surface area contributed by atoms with Gasteiger partial charge in [0.2, 0.25) is 0 Å². The van der Waals surface area contributed by atoms with Crippen LogP contribution in [-0.4, -0.2) is 39.6 Å². The summed E-state index contributed by atoms with van der Waals surface area (Å²) in [7, 11) is 0. The number of carbonyl (C=O) groups is 1. The number of carbonyl (C=O) groups excluding carboxylic acids is 1. The van der Waals surface area contributed by atoms with Gasteiger partial charge in [0, 0.05) is 19.0 Å². The molecule has 1 saturated heterocycles. The van der Waals surface area contributed by atoms with Crippen LogP contribution in [0.5, 0.6) is 0 Å². The number of likely N-dealkylation sites (tertiary alicyclic amines) is 1. The number of aromatic nitrogens is 1. The Hall–Kier alpha value is -1.20. The Labute approximate surface area is 127 Å². The zero-order valence-electron chi connectivity index (χ0n) is 11.7. The molecule has 1 saturated carbocycles. The summed E-state index contributed by atoms with van der Waals surface area (Å²) in [6.45, 7) is 0.973. The summed E-state index contributed by atoms with van der Waals surface area (Å²) >= 11 is 5.90. The lowest BCUT2D eigenvalue weighted by molar-refractivity contribution is -0.0886. The third-order valence-electron chi connectivity index (χ3n) is 4.75. The molecule has 3 rings (SSSR count). The van der Waals surface area contributed by atoms with E-state index in [9.17, 15) is 14.3 Å². The first-order valence-electron chi connectivity index (χ1n) is 7.32. The number of halogens is 2. The highest BCUT2D eigenvalue weighted by Gasteiger charge is 2.44. The van der Waals surface area contributed by atoms with Crippen LogP contribution in [-0.2, 0) is 0 Å². The minimum Gasteiger partial charge on any atom is -0.389 e. The molecule has 1 amide bonds. The van der Waals surface area contributed by atoms with Crippen LogP contribution in [0.2, 0.25) is 5.15 Å². The van der Waals surface area contributed by atoms with Gasteiger partial charge in [0.05, 0.1) is 17.4 Å². The van der Waals surface area contributed by atoms with Gasteiger partial charge in [0.1, 0.15) is 11.0 Å². The summed E-state index contributed by atoms with van der Waals surface area (Å²) in [6.07, 6.45) is 5.42. The summed E-state index contributed by atoms with van der Waals surface area (Å²) in [5, 5.41) is 10.6. The molecule has 1 aromatic rings. The number of amides is 1. The van der Waals surface area contributed by atoms with Crippen molar-refractivity contribution in [3.05, 3.63) is 28.8 Å². The first kappa shape index (κ1) is 14.7. The quantitative estimate of drug-likeness (QED) is 0.811. The molecule has 21 heavy (non-hydrogen) atoms. The van der Waals surface area contributed by atoms with Crippen molar-refractivity contribution in [1.29, 1.82) is 0 Å². The molecule has 1 aliphatic carbocycles. The summed E-state index contributed by atoms with van der Waals surface area (Å²) in [6, 6.07) is 1.12. The lowest BCUT2D eigenvalue weighted by Crippen LogP contribution is -2.54. The Morgan fingerprint density at radius 2 is 2.29 bits per heavy atom. The SMILES string of the molecule is O=C(c1cc(F)cnc1Cl)N1CCC2(O)CCCCC2C1. The normalized spacial score (nSPS) is 29.1. The Balaban J connectivity index is 1.79. The van der Waals surface area contributed by atoms with Gasteiger partial charge in [-0.05, 0) is 25.3 Å². The van der Waals surface area contributed by atoms with Crippen molar-refractivity contribution in [1.82, 2.24) is 9.88 Å². The smallest absolute Gasteiger partial charge is 0.257 e. The van der Waals surface area contributed by atoms with E-state index in [0.717, 1.165) is 37.9 Å². The number of hydrogen-bond acceptors (Lipinski definition) is 3. The molecular weight excluding hydrogens is 295 g/mol. The molecule has 114 valence electrons. The van der Waals surface area contributed by atoms with Crippen molar-refractivity contribution in [2.75, 3.05) is 13.1 Å².